The molecule has 0 saturated heterocycles. The lowest BCUT2D eigenvalue weighted by atomic mass is 9.88. The van der Waals surface area contributed by atoms with Crippen molar-refractivity contribution < 1.29 is 13.9 Å². The van der Waals surface area contributed by atoms with Crippen LogP contribution < -0.4 is 9.64 Å². The molecule has 1 unspecified atom stereocenters. The molecule has 0 aromatic heterocycles. The van der Waals surface area contributed by atoms with Crippen LogP contribution in [0.1, 0.15) is 28.9 Å². The second kappa shape index (κ2) is 6.82. The second-order valence-electron chi connectivity index (χ2n) is 6.45. The Hall–Kier alpha value is -2.66. The van der Waals surface area contributed by atoms with Crippen LogP contribution in [0, 0.1) is 5.82 Å². The van der Waals surface area contributed by atoms with Gasteiger partial charge in [-0.15, -0.1) is 0 Å². The molecule has 0 spiro atoms. The van der Waals surface area contributed by atoms with Crippen LogP contribution in [0.2, 0.25) is 0 Å². The van der Waals surface area contributed by atoms with E-state index in [-0.39, 0.29) is 17.8 Å². The smallest absolute Gasteiger partial charge is 0.258 e. The zero-order chi connectivity index (χ0) is 19.1. The van der Waals surface area contributed by atoms with Crippen LogP contribution in [0.4, 0.5) is 10.1 Å². The van der Waals surface area contributed by atoms with Gasteiger partial charge >= 0.3 is 0 Å². The van der Waals surface area contributed by atoms with Crippen LogP contribution in [0.3, 0.4) is 0 Å². The van der Waals surface area contributed by atoms with Gasteiger partial charge in [0.2, 0.25) is 0 Å². The highest BCUT2D eigenvalue weighted by atomic mass is 79.9. The Morgan fingerprint density at radius 1 is 1.07 bits per heavy atom. The molecule has 0 saturated carbocycles. The number of para-hydroxylation sites is 1. The quantitative estimate of drug-likeness (QED) is 0.504. The Labute approximate surface area is 165 Å². The molecule has 1 aliphatic heterocycles. The summed E-state index contributed by atoms with van der Waals surface area (Å²) in [4.78, 5) is 15.1. The number of halogens is 2. The van der Waals surface area contributed by atoms with Gasteiger partial charge < -0.3 is 9.64 Å². The first-order valence-electron chi connectivity index (χ1n) is 8.57. The topological polar surface area (TPSA) is 29.5 Å². The normalized spacial score (nSPS) is 15.1. The largest absolute Gasteiger partial charge is 0.496 e. The third-order valence-electron chi connectivity index (χ3n) is 4.92. The van der Waals surface area contributed by atoms with E-state index in [1.54, 1.807) is 36.3 Å². The second-order valence-corrected chi connectivity index (χ2v) is 7.30. The fraction of sp³-hybridized carbons (Fsp3) is 0.136. The highest BCUT2D eigenvalue weighted by Gasteiger charge is 2.33. The van der Waals surface area contributed by atoms with Gasteiger partial charge in [0.05, 0.1) is 23.3 Å². The fourth-order valence-electron chi connectivity index (χ4n) is 3.61. The van der Waals surface area contributed by atoms with Crippen molar-refractivity contribution in [1.82, 2.24) is 0 Å². The Kier molecular flexibility index (Phi) is 4.48. The number of fused-ring (bicyclic) bond motifs is 3. The molecular weight excluding hydrogens is 409 g/mol. The number of ether oxygens (including phenoxy) is 1. The van der Waals surface area contributed by atoms with Gasteiger partial charge in [-0.2, -0.15) is 0 Å². The number of anilines is 1. The summed E-state index contributed by atoms with van der Waals surface area (Å²) >= 11 is 3.44. The number of benzene rings is 3. The molecule has 1 atom stereocenters. The summed E-state index contributed by atoms with van der Waals surface area (Å²) in [6, 6.07) is 17.4. The zero-order valence-electron chi connectivity index (χ0n) is 14.9. The third-order valence-corrected chi connectivity index (χ3v) is 5.54. The van der Waals surface area contributed by atoms with Crippen molar-refractivity contribution >= 4 is 27.5 Å². The molecule has 3 aromatic rings. The van der Waals surface area contributed by atoms with E-state index in [4.69, 9.17) is 4.74 Å². The minimum atomic E-state index is -0.306. The molecule has 3 aromatic carbocycles. The van der Waals surface area contributed by atoms with E-state index >= 15 is 0 Å². The molecular formula is C22H17BrFNO2. The first-order chi connectivity index (χ1) is 13.0. The predicted octanol–water partition coefficient (Wildman–Crippen LogP) is 5.99. The zero-order valence-corrected chi connectivity index (χ0v) is 16.5. The summed E-state index contributed by atoms with van der Waals surface area (Å²) in [5.41, 5.74) is 4.03. The molecule has 27 heavy (non-hydrogen) atoms. The number of hydrogen-bond acceptors (Lipinski definition) is 2. The van der Waals surface area contributed by atoms with Gasteiger partial charge in [-0.05, 0) is 70.4 Å². The van der Waals surface area contributed by atoms with Crippen LogP contribution in [-0.4, -0.2) is 13.0 Å². The number of carbonyl (C=O) groups excluding carboxylic acids is 1. The Morgan fingerprint density at radius 2 is 1.85 bits per heavy atom. The molecule has 0 aliphatic carbocycles. The first kappa shape index (κ1) is 17.7. The molecule has 4 rings (SSSR count). The monoisotopic (exact) mass is 425 g/mol. The van der Waals surface area contributed by atoms with E-state index < -0.39 is 0 Å². The summed E-state index contributed by atoms with van der Waals surface area (Å²) in [7, 11) is 1.58. The highest BCUT2D eigenvalue weighted by Crippen LogP contribution is 2.45. The maximum absolute atomic E-state index is 13.9. The number of carbonyl (C=O) groups is 1. The molecule has 1 aliphatic rings. The van der Waals surface area contributed by atoms with E-state index in [1.807, 2.05) is 31.2 Å². The first-order valence-corrected chi connectivity index (χ1v) is 9.36. The van der Waals surface area contributed by atoms with Crippen molar-refractivity contribution in [3.05, 3.63) is 82.1 Å². The number of amides is 1. The van der Waals surface area contributed by atoms with E-state index in [1.165, 1.54) is 12.1 Å². The number of nitrogens with zero attached hydrogens (tertiary/aromatic N) is 1. The van der Waals surface area contributed by atoms with Crippen LogP contribution in [0.15, 0.2) is 65.1 Å². The summed E-state index contributed by atoms with van der Waals surface area (Å²) in [6.07, 6.45) is 0. The molecule has 136 valence electrons. The maximum Gasteiger partial charge on any atom is 0.258 e. The number of rotatable bonds is 2. The lowest BCUT2D eigenvalue weighted by Crippen LogP contribution is -2.36. The van der Waals surface area contributed by atoms with Gasteiger partial charge in [-0.25, -0.2) is 4.39 Å². The van der Waals surface area contributed by atoms with E-state index in [0.717, 1.165) is 22.4 Å². The average Bonchev–Trinajstić information content (AvgIpc) is 2.68. The van der Waals surface area contributed by atoms with E-state index in [0.29, 0.717) is 15.8 Å². The standard InChI is InChI=1S/C22H17BrFNO2/c1-13-18-12-15(24)8-9-16(18)17-5-3-4-6-20(17)25(13)22(26)14-7-10-21(27-2)19(23)11-14/h3-13H,1-2H3. The molecule has 1 amide bonds. The van der Waals surface area contributed by atoms with Crippen molar-refractivity contribution in [3.63, 3.8) is 0 Å². The van der Waals surface area contributed by atoms with Gasteiger partial charge in [0.15, 0.2) is 0 Å². The minimum absolute atomic E-state index is 0.145. The Balaban J connectivity index is 1.85. The average molecular weight is 426 g/mol. The molecule has 5 heteroatoms. The molecule has 0 radical (unpaired) electrons. The molecule has 3 nitrogen and oxygen atoms in total. The molecule has 0 N–H and O–H groups in total. The van der Waals surface area contributed by atoms with Crippen molar-refractivity contribution in [2.75, 3.05) is 12.0 Å². The molecule has 0 bridgehead atoms. The van der Waals surface area contributed by atoms with Crippen molar-refractivity contribution in [2.24, 2.45) is 0 Å². The van der Waals surface area contributed by atoms with Gasteiger partial charge in [0, 0.05) is 11.1 Å². The van der Waals surface area contributed by atoms with Crippen LogP contribution in [0.25, 0.3) is 11.1 Å². The Bertz CT molecular complexity index is 1050. The lowest BCUT2D eigenvalue weighted by Gasteiger charge is -2.37. The van der Waals surface area contributed by atoms with Crippen molar-refractivity contribution in [3.8, 4) is 16.9 Å². The number of methoxy groups -OCH3 is 1. The Morgan fingerprint density at radius 3 is 2.59 bits per heavy atom. The summed E-state index contributed by atoms with van der Waals surface area (Å²) in [6.45, 7) is 1.92. The number of hydrogen-bond donors (Lipinski definition) is 0. The van der Waals surface area contributed by atoms with Crippen molar-refractivity contribution in [1.29, 1.82) is 0 Å². The van der Waals surface area contributed by atoms with Crippen LogP contribution in [0.5, 0.6) is 5.75 Å². The lowest BCUT2D eigenvalue weighted by molar-refractivity contribution is 0.0977. The van der Waals surface area contributed by atoms with Gasteiger partial charge in [0.1, 0.15) is 11.6 Å². The molecule has 0 fully saturated rings. The SMILES string of the molecule is COc1ccc(C(=O)N2c3ccccc3-c3ccc(F)cc3C2C)cc1Br. The third kappa shape index (κ3) is 2.92. The summed E-state index contributed by atoms with van der Waals surface area (Å²) in [5.74, 6) is 0.207. The predicted molar refractivity (Wildman–Crippen MR) is 108 cm³/mol. The van der Waals surface area contributed by atoms with Gasteiger partial charge in [0.25, 0.3) is 5.91 Å². The maximum atomic E-state index is 13.9. The van der Waals surface area contributed by atoms with Crippen LogP contribution >= 0.6 is 15.9 Å². The van der Waals surface area contributed by atoms with Gasteiger partial charge in [-0.3, -0.25) is 4.79 Å². The summed E-state index contributed by atoms with van der Waals surface area (Å²) < 4.78 is 19.9. The minimum Gasteiger partial charge on any atom is -0.496 e. The highest BCUT2D eigenvalue weighted by molar-refractivity contribution is 9.10. The van der Waals surface area contributed by atoms with E-state index in [9.17, 15) is 9.18 Å². The van der Waals surface area contributed by atoms with Crippen LogP contribution in [-0.2, 0) is 0 Å². The van der Waals surface area contributed by atoms with Gasteiger partial charge in [-0.1, -0.05) is 24.3 Å². The fourth-order valence-corrected chi connectivity index (χ4v) is 4.15. The summed E-state index contributed by atoms with van der Waals surface area (Å²) in [5, 5.41) is 0. The van der Waals surface area contributed by atoms with E-state index in [2.05, 4.69) is 15.9 Å². The molecule has 1 heterocycles. The van der Waals surface area contributed by atoms with Crippen molar-refractivity contribution in [2.45, 2.75) is 13.0 Å².